The number of ether oxygens (including phenoxy) is 1. The number of nitrogens with one attached hydrogen (secondary N) is 1. The topological polar surface area (TPSA) is 39.1 Å². The maximum absolute atomic E-state index is 14.2. The maximum Gasteiger partial charge on any atom is 0.241 e. The molecule has 0 spiro atoms. The number of para-hydroxylation sites is 1. The van der Waals surface area contributed by atoms with Crippen molar-refractivity contribution in [3.63, 3.8) is 0 Å². The number of rotatable bonds is 3. The van der Waals surface area contributed by atoms with Crippen LogP contribution in [0.4, 0.5) is 8.78 Å². The van der Waals surface area contributed by atoms with Gasteiger partial charge in [-0.25, -0.2) is 13.5 Å². The van der Waals surface area contributed by atoms with Crippen LogP contribution in [-0.2, 0) is 0 Å². The van der Waals surface area contributed by atoms with Gasteiger partial charge in [0.05, 0.1) is 10.9 Å². The maximum atomic E-state index is 14.2. The molecule has 25 heavy (non-hydrogen) atoms. The van der Waals surface area contributed by atoms with Gasteiger partial charge in [0.1, 0.15) is 23.4 Å². The summed E-state index contributed by atoms with van der Waals surface area (Å²) < 4.78 is 35.4. The quantitative estimate of drug-likeness (QED) is 0.766. The van der Waals surface area contributed by atoms with E-state index in [1.54, 1.807) is 24.3 Å². The number of aromatic nitrogens is 2. The second-order valence-corrected chi connectivity index (χ2v) is 5.90. The molecule has 0 bridgehead atoms. The third-order valence-corrected chi connectivity index (χ3v) is 4.25. The highest BCUT2D eigenvalue weighted by Gasteiger charge is 2.20. The minimum atomic E-state index is -0.389. The van der Waals surface area contributed by atoms with Gasteiger partial charge in [-0.15, -0.1) is 17.5 Å². The molecular formula is C18H18ClF2N3O. The van der Waals surface area contributed by atoms with Crippen LogP contribution in [0.5, 0.6) is 5.88 Å². The number of fused-ring (bicyclic) bond motifs is 1. The van der Waals surface area contributed by atoms with Crippen molar-refractivity contribution in [2.45, 2.75) is 18.9 Å². The molecule has 4 nitrogen and oxygen atoms in total. The minimum absolute atomic E-state index is 0. The van der Waals surface area contributed by atoms with E-state index in [1.807, 2.05) is 0 Å². The first kappa shape index (κ1) is 17.6. The third kappa shape index (κ3) is 3.45. The van der Waals surface area contributed by atoms with Gasteiger partial charge in [-0.05, 0) is 56.3 Å². The highest BCUT2D eigenvalue weighted by atomic mass is 35.5. The van der Waals surface area contributed by atoms with E-state index in [1.165, 1.54) is 22.9 Å². The lowest BCUT2D eigenvalue weighted by molar-refractivity contribution is 0.157. The largest absolute Gasteiger partial charge is 0.473 e. The molecule has 1 fully saturated rings. The predicted octanol–water partition coefficient (Wildman–Crippen LogP) is 3.86. The van der Waals surface area contributed by atoms with Crippen LogP contribution in [0.1, 0.15) is 12.8 Å². The Morgan fingerprint density at radius 1 is 1.08 bits per heavy atom. The molecule has 2 heterocycles. The Morgan fingerprint density at radius 2 is 1.84 bits per heavy atom. The summed E-state index contributed by atoms with van der Waals surface area (Å²) in [4.78, 5) is 0. The van der Waals surface area contributed by atoms with E-state index in [4.69, 9.17) is 4.74 Å². The van der Waals surface area contributed by atoms with Crippen LogP contribution in [0.2, 0.25) is 0 Å². The van der Waals surface area contributed by atoms with Crippen molar-refractivity contribution in [3.8, 4) is 11.6 Å². The van der Waals surface area contributed by atoms with Gasteiger partial charge in [-0.3, -0.25) is 0 Å². The van der Waals surface area contributed by atoms with E-state index in [9.17, 15) is 8.78 Å². The SMILES string of the molecule is Cl.Fc1ccc2c(c1)c(OC1CCNCC1)nn2-c1ccccc1F. The Balaban J connectivity index is 0.00000182. The van der Waals surface area contributed by atoms with E-state index in [-0.39, 0.29) is 30.1 Å². The number of benzene rings is 2. The van der Waals surface area contributed by atoms with Crippen molar-refractivity contribution in [1.29, 1.82) is 0 Å². The molecule has 1 aliphatic rings. The minimum Gasteiger partial charge on any atom is -0.473 e. The van der Waals surface area contributed by atoms with Crippen molar-refractivity contribution >= 4 is 23.3 Å². The number of hydrogen-bond donors (Lipinski definition) is 1. The van der Waals surface area contributed by atoms with Crippen molar-refractivity contribution in [3.05, 3.63) is 54.1 Å². The number of nitrogens with zero attached hydrogens (tertiary/aromatic N) is 2. The summed E-state index contributed by atoms with van der Waals surface area (Å²) >= 11 is 0. The Hall–Kier alpha value is -2.18. The summed E-state index contributed by atoms with van der Waals surface area (Å²) in [5, 5.41) is 8.25. The number of halogens is 3. The molecule has 0 saturated carbocycles. The summed E-state index contributed by atoms with van der Waals surface area (Å²) in [5.74, 6) is -0.412. The molecule has 0 unspecified atom stereocenters. The van der Waals surface area contributed by atoms with Crippen molar-refractivity contribution in [1.82, 2.24) is 15.1 Å². The monoisotopic (exact) mass is 365 g/mol. The fourth-order valence-corrected chi connectivity index (χ4v) is 3.03. The molecule has 3 aromatic rings. The van der Waals surface area contributed by atoms with Gasteiger partial charge in [0.2, 0.25) is 5.88 Å². The first-order valence-corrected chi connectivity index (χ1v) is 8.03. The van der Waals surface area contributed by atoms with E-state index in [0.717, 1.165) is 25.9 Å². The fraction of sp³-hybridized carbons (Fsp3) is 0.278. The Morgan fingerprint density at radius 3 is 2.60 bits per heavy atom. The molecule has 0 atom stereocenters. The number of piperidine rings is 1. The Labute approximate surface area is 150 Å². The lowest BCUT2D eigenvalue weighted by atomic mass is 10.1. The van der Waals surface area contributed by atoms with Gasteiger partial charge >= 0.3 is 0 Å². The van der Waals surface area contributed by atoms with Crippen LogP contribution >= 0.6 is 12.4 Å². The van der Waals surface area contributed by atoms with Crippen LogP contribution in [0.3, 0.4) is 0 Å². The zero-order chi connectivity index (χ0) is 16.5. The predicted molar refractivity (Wildman–Crippen MR) is 94.8 cm³/mol. The fourth-order valence-electron chi connectivity index (χ4n) is 3.03. The summed E-state index contributed by atoms with van der Waals surface area (Å²) in [7, 11) is 0. The number of hydrogen-bond acceptors (Lipinski definition) is 3. The smallest absolute Gasteiger partial charge is 0.241 e. The second-order valence-electron chi connectivity index (χ2n) is 5.90. The van der Waals surface area contributed by atoms with Crippen LogP contribution in [-0.4, -0.2) is 29.0 Å². The molecule has 7 heteroatoms. The standard InChI is InChI=1S/C18H17F2N3O.ClH/c19-12-5-6-16-14(11-12)18(24-13-7-9-21-10-8-13)22-23(16)17-4-2-1-3-15(17)20;/h1-6,11,13,21H,7-10H2;1H. The van der Waals surface area contributed by atoms with Gasteiger partial charge < -0.3 is 10.1 Å². The van der Waals surface area contributed by atoms with Crippen LogP contribution < -0.4 is 10.1 Å². The zero-order valence-corrected chi connectivity index (χ0v) is 14.2. The average molecular weight is 366 g/mol. The third-order valence-electron chi connectivity index (χ3n) is 4.25. The molecule has 1 aromatic heterocycles. The molecule has 0 amide bonds. The van der Waals surface area contributed by atoms with Crippen molar-refractivity contribution in [2.75, 3.05) is 13.1 Å². The summed E-state index contributed by atoms with van der Waals surface area (Å²) in [6.45, 7) is 1.76. The average Bonchev–Trinajstić information content (AvgIpc) is 2.94. The van der Waals surface area contributed by atoms with E-state index < -0.39 is 0 Å². The molecular weight excluding hydrogens is 348 g/mol. The molecule has 1 aliphatic heterocycles. The molecule has 132 valence electrons. The molecule has 4 rings (SSSR count). The molecule has 2 aromatic carbocycles. The van der Waals surface area contributed by atoms with Crippen LogP contribution in [0.25, 0.3) is 16.6 Å². The van der Waals surface area contributed by atoms with Crippen LogP contribution in [0, 0.1) is 11.6 Å². The van der Waals surface area contributed by atoms with E-state index in [2.05, 4.69) is 10.4 Å². The van der Waals surface area contributed by atoms with Gasteiger partial charge in [-0.2, -0.15) is 0 Å². The van der Waals surface area contributed by atoms with E-state index >= 15 is 0 Å². The highest BCUT2D eigenvalue weighted by molar-refractivity contribution is 5.86. The lowest BCUT2D eigenvalue weighted by Crippen LogP contribution is -2.34. The van der Waals surface area contributed by atoms with Crippen molar-refractivity contribution < 1.29 is 13.5 Å². The molecule has 0 aliphatic carbocycles. The molecule has 1 N–H and O–H groups in total. The second kappa shape index (κ2) is 7.37. The zero-order valence-electron chi connectivity index (χ0n) is 13.4. The summed E-state index contributed by atoms with van der Waals surface area (Å²) in [6.07, 6.45) is 1.76. The van der Waals surface area contributed by atoms with Gasteiger partial charge in [0, 0.05) is 0 Å². The highest BCUT2D eigenvalue weighted by Crippen LogP contribution is 2.30. The summed E-state index contributed by atoms with van der Waals surface area (Å²) in [5.41, 5.74) is 0.930. The Bertz CT molecular complexity index is 878. The van der Waals surface area contributed by atoms with Gasteiger partial charge in [0.15, 0.2) is 0 Å². The normalized spacial score (nSPS) is 15.1. The van der Waals surface area contributed by atoms with Crippen LogP contribution in [0.15, 0.2) is 42.5 Å². The molecule has 0 radical (unpaired) electrons. The van der Waals surface area contributed by atoms with E-state index in [0.29, 0.717) is 22.5 Å². The van der Waals surface area contributed by atoms with Crippen molar-refractivity contribution in [2.24, 2.45) is 0 Å². The first-order chi connectivity index (χ1) is 11.7. The molecule has 1 saturated heterocycles. The Kier molecular flexibility index (Phi) is 5.20. The first-order valence-electron chi connectivity index (χ1n) is 8.03. The van der Waals surface area contributed by atoms with Gasteiger partial charge in [0.25, 0.3) is 0 Å². The lowest BCUT2D eigenvalue weighted by Gasteiger charge is -2.22. The summed E-state index contributed by atoms with van der Waals surface area (Å²) in [6, 6.07) is 10.7. The van der Waals surface area contributed by atoms with Gasteiger partial charge in [-0.1, -0.05) is 12.1 Å².